The Morgan fingerprint density at radius 3 is 1.75 bits per heavy atom. The summed E-state index contributed by atoms with van der Waals surface area (Å²) in [5, 5.41) is 4.00. The molecule has 0 amide bonds. The zero-order valence-corrected chi connectivity index (χ0v) is 11.6. The fourth-order valence-corrected chi connectivity index (χ4v) is 3.68. The van der Waals surface area contributed by atoms with Crippen molar-refractivity contribution in [2.45, 2.75) is 84.7 Å². The first-order chi connectivity index (χ1) is 7.42. The van der Waals surface area contributed by atoms with Crippen LogP contribution in [-0.4, -0.2) is 12.1 Å². The fraction of sp³-hybridized carbons (Fsp3) is 1.00. The minimum absolute atomic E-state index is 0.511. The molecule has 0 spiro atoms. The van der Waals surface area contributed by atoms with E-state index < -0.39 is 0 Å². The third-order valence-corrected chi connectivity index (χ3v) is 5.17. The molecule has 0 radical (unpaired) electrons. The van der Waals surface area contributed by atoms with Gasteiger partial charge in [0.25, 0.3) is 0 Å². The van der Waals surface area contributed by atoms with Crippen LogP contribution in [0.4, 0.5) is 0 Å². The Morgan fingerprint density at radius 1 is 0.750 bits per heavy atom. The first-order valence-electron chi connectivity index (χ1n) is 7.18. The van der Waals surface area contributed by atoms with Crippen molar-refractivity contribution in [3.63, 3.8) is 0 Å². The summed E-state index contributed by atoms with van der Waals surface area (Å²) < 4.78 is 0. The van der Waals surface area contributed by atoms with Crippen LogP contribution in [0.25, 0.3) is 0 Å². The van der Waals surface area contributed by atoms with Gasteiger partial charge < -0.3 is 5.32 Å². The van der Waals surface area contributed by atoms with E-state index in [1.807, 2.05) is 0 Å². The van der Waals surface area contributed by atoms with Crippen LogP contribution >= 0.6 is 0 Å². The lowest BCUT2D eigenvalue weighted by Gasteiger charge is -2.43. The second kappa shape index (κ2) is 4.33. The van der Waals surface area contributed by atoms with E-state index in [1.165, 1.54) is 44.9 Å². The van der Waals surface area contributed by atoms with E-state index in [0.29, 0.717) is 10.8 Å². The average Bonchev–Trinajstić information content (AvgIpc) is 2.49. The molecular formula is C15H29N. The van der Waals surface area contributed by atoms with Crippen molar-refractivity contribution in [2.75, 3.05) is 0 Å². The smallest absolute Gasteiger partial charge is 0.0121 e. The summed E-state index contributed by atoms with van der Waals surface area (Å²) in [6, 6.07) is 1.51. The van der Waals surface area contributed by atoms with E-state index in [-0.39, 0.29) is 0 Å². The molecule has 16 heavy (non-hydrogen) atoms. The molecule has 0 aliphatic heterocycles. The lowest BCUT2D eigenvalue weighted by Crippen LogP contribution is -2.51. The molecule has 2 fully saturated rings. The average molecular weight is 223 g/mol. The van der Waals surface area contributed by atoms with E-state index in [0.717, 1.165) is 12.1 Å². The third kappa shape index (κ3) is 2.45. The summed E-state index contributed by atoms with van der Waals surface area (Å²) in [5.74, 6) is 0. The van der Waals surface area contributed by atoms with Crippen molar-refractivity contribution in [1.29, 1.82) is 0 Å². The van der Waals surface area contributed by atoms with Crippen molar-refractivity contribution in [3.05, 3.63) is 0 Å². The number of rotatable bonds is 2. The van der Waals surface area contributed by atoms with Crippen molar-refractivity contribution in [2.24, 2.45) is 10.8 Å². The highest BCUT2D eigenvalue weighted by Crippen LogP contribution is 2.41. The van der Waals surface area contributed by atoms with Crippen LogP contribution in [0.5, 0.6) is 0 Å². The molecule has 0 saturated heterocycles. The van der Waals surface area contributed by atoms with Crippen molar-refractivity contribution in [3.8, 4) is 0 Å². The first kappa shape index (κ1) is 12.4. The van der Waals surface area contributed by atoms with Crippen LogP contribution in [0.1, 0.15) is 72.6 Å². The normalized spacial score (nSPS) is 37.5. The predicted octanol–water partition coefficient (Wildman–Crippen LogP) is 4.12. The van der Waals surface area contributed by atoms with Crippen LogP contribution in [0.2, 0.25) is 0 Å². The summed E-state index contributed by atoms with van der Waals surface area (Å²) in [6.07, 6.45) is 9.85. The lowest BCUT2D eigenvalue weighted by molar-refractivity contribution is 0.132. The summed E-state index contributed by atoms with van der Waals surface area (Å²) in [4.78, 5) is 0. The molecule has 2 unspecified atom stereocenters. The van der Waals surface area contributed by atoms with Gasteiger partial charge in [-0.3, -0.25) is 0 Å². The molecule has 94 valence electrons. The van der Waals surface area contributed by atoms with Crippen LogP contribution in [0.3, 0.4) is 0 Å². The minimum atomic E-state index is 0.511. The Morgan fingerprint density at radius 2 is 1.25 bits per heavy atom. The topological polar surface area (TPSA) is 12.0 Å². The largest absolute Gasteiger partial charge is 0.310 e. The second-order valence-corrected chi connectivity index (χ2v) is 7.39. The molecule has 1 N–H and O–H groups in total. The molecule has 1 nitrogen and oxygen atoms in total. The maximum Gasteiger partial charge on any atom is 0.0121 e. The predicted molar refractivity (Wildman–Crippen MR) is 70.6 cm³/mol. The lowest BCUT2D eigenvalue weighted by atomic mass is 9.72. The molecule has 2 rings (SSSR count). The molecule has 2 saturated carbocycles. The van der Waals surface area contributed by atoms with Gasteiger partial charge in [0.2, 0.25) is 0 Å². The van der Waals surface area contributed by atoms with Crippen LogP contribution in [0, 0.1) is 10.8 Å². The van der Waals surface area contributed by atoms with Gasteiger partial charge in [0.1, 0.15) is 0 Å². The van der Waals surface area contributed by atoms with Crippen molar-refractivity contribution < 1.29 is 0 Å². The summed E-state index contributed by atoms with van der Waals surface area (Å²) in [6.45, 7) is 9.78. The molecule has 1 heteroatoms. The van der Waals surface area contributed by atoms with Gasteiger partial charge in [-0.2, -0.15) is 0 Å². The molecule has 0 aromatic rings. The van der Waals surface area contributed by atoms with Crippen LogP contribution < -0.4 is 5.32 Å². The highest BCUT2D eigenvalue weighted by molar-refractivity contribution is 4.96. The van der Waals surface area contributed by atoms with E-state index in [9.17, 15) is 0 Å². The monoisotopic (exact) mass is 223 g/mol. The standard InChI is InChI=1S/C15H29N/c1-14(2)10-6-5-8-12(14)16-13-9-7-11-15(13,3)4/h12-13,16H,5-11H2,1-4H3. The van der Waals surface area contributed by atoms with Gasteiger partial charge >= 0.3 is 0 Å². The maximum atomic E-state index is 4.00. The maximum absolute atomic E-state index is 4.00. The number of hydrogen-bond acceptors (Lipinski definition) is 1. The third-order valence-electron chi connectivity index (χ3n) is 5.17. The second-order valence-electron chi connectivity index (χ2n) is 7.39. The van der Waals surface area contributed by atoms with E-state index in [1.54, 1.807) is 0 Å². The van der Waals surface area contributed by atoms with Crippen LogP contribution in [-0.2, 0) is 0 Å². The highest BCUT2D eigenvalue weighted by Gasteiger charge is 2.39. The Balaban J connectivity index is 1.98. The van der Waals surface area contributed by atoms with E-state index in [2.05, 4.69) is 33.0 Å². The Bertz CT molecular complexity index is 242. The quantitative estimate of drug-likeness (QED) is 0.742. The SMILES string of the molecule is CC1(C)CCCCC1NC1CCCC1(C)C. The van der Waals surface area contributed by atoms with Crippen molar-refractivity contribution >= 4 is 0 Å². The molecule has 0 bridgehead atoms. The van der Waals surface area contributed by atoms with Gasteiger partial charge in [-0.15, -0.1) is 0 Å². The van der Waals surface area contributed by atoms with Gasteiger partial charge in [0.15, 0.2) is 0 Å². The Labute approximate surface area is 101 Å². The highest BCUT2D eigenvalue weighted by atomic mass is 15.0. The number of hydrogen-bond donors (Lipinski definition) is 1. The summed E-state index contributed by atoms with van der Waals surface area (Å²) in [5.41, 5.74) is 1.03. The molecular weight excluding hydrogens is 194 g/mol. The van der Waals surface area contributed by atoms with Gasteiger partial charge in [-0.1, -0.05) is 47.0 Å². The molecule has 0 aromatic carbocycles. The zero-order valence-electron chi connectivity index (χ0n) is 11.6. The van der Waals surface area contributed by atoms with E-state index >= 15 is 0 Å². The van der Waals surface area contributed by atoms with Crippen molar-refractivity contribution in [1.82, 2.24) is 5.32 Å². The minimum Gasteiger partial charge on any atom is -0.310 e. The fourth-order valence-electron chi connectivity index (χ4n) is 3.68. The van der Waals surface area contributed by atoms with Crippen LogP contribution in [0.15, 0.2) is 0 Å². The van der Waals surface area contributed by atoms with Gasteiger partial charge in [-0.25, -0.2) is 0 Å². The van der Waals surface area contributed by atoms with Gasteiger partial charge in [0.05, 0.1) is 0 Å². The molecule has 2 aliphatic carbocycles. The first-order valence-corrected chi connectivity index (χ1v) is 7.18. The molecule has 0 aromatic heterocycles. The Kier molecular flexibility index (Phi) is 3.36. The summed E-state index contributed by atoms with van der Waals surface area (Å²) >= 11 is 0. The molecule has 2 aliphatic rings. The molecule has 2 atom stereocenters. The number of nitrogens with one attached hydrogen (secondary N) is 1. The van der Waals surface area contributed by atoms with Gasteiger partial charge in [0, 0.05) is 12.1 Å². The molecule has 0 heterocycles. The summed E-state index contributed by atoms with van der Waals surface area (Å²) in [7, 11) is 0. The Hall–Kier alpha value is -0.0400. The van der Waals surface area contributed by atoms with Gasteiger partial charge in [-0.05, 0) is 36.5 Å². The zero-order chi connectivity index (χ0) is 11.8. The van der Waals surface area contributed by atoms with E-state index in [4.69, 9.17) is 0 Å².